The van der Waals surface area contributed by atoms with Crippen molar-refractivity contribution in [3.05, 3.63) is 56.4 Å². The summed E-state index contributed by atoms with van der Waals surface area (Å²) >= 11 is 1.16. The third kappa shape index (κ3) is 2.48. The molecule has 8 heteroatoms. The molecule has 3 aromatic rings. The Hall–Kier alpha value is -2.74. The summed E-state index contributed by atoms with van der Waals surface area (Å²) in [4.78, 5) is 22.3. The number of nitro groups is 1. The zero-order chi connectivity index (χ0) is 15.0. The maximum Gasteiger partial charge on any atom is 0.345 e. The van der Waals surface area contributed by atoms with E-state index in [0.717, 1.165) is 21.6 Å². The maximum atomic E-state index is 10.9. The second-order valence-electron chi connectivity index (χ2n) is 4.37. The van der Waals surface area contributed by atoms with E-state index < -0.39 is 10.9 Å². The Bertz CT molecular complexity index is 852. The van der Waals surface area contributed by atoms with Crippen LogP contribution in [0.1, 0.15) is 14.5 Å². The van der Waals surface area contributed by atoms with Crippen molar-refractivity contribution in [2.24, 2.45) is 0 Å². The van der Waals surface area contributed by atoms with E-state index in [1.807, 2.05) is 0 Å². The number of nitrogens with zero attached hydrogens (tertiary/aromatic N) is 3. The molecule has 0 aliphatic rings. The molecule has 0 spiro atoms. The highest BCUT2D eigenvalue weighted by molar-refractivity contribution is 7.13. The van der Waals surface area contributed by atoms with E-state index in [-0.39, 0.29) is 10.6 Å². The van der Waals surface area contributed by atoms with Crippen molar-refractivity contribution in [3.8, 4) is 0 Å². The van der Waals surface area contributed by atoms with Gasteiger partial charge in [-0.25, -0.2) is 4.79 Å². The van der Waals surface area contributed by atoms with Crippen molar-refractivity contribution in [2.45, 2.75) is 6.54 Å². The van der Waals surface area contributed by atoms with E-state index in [0.29, 0.717) is 12.1 Å². The lowest BCUT2D eigenvalue weighted by Crippen LogP contribution is -2.00. The number of carboxylic acids is 1. The van der Waals surface area contributed by atoms with Crippen molar-refractivity contribution < 1.29 is 14.8 Å². The first kappa shape index (κ1) is 13.3. The Morgan fingerprint density at radius 3 is 2.86 bits per heavy atom. The Labute approximate surface area is 122 Å². The average Bonchev–Trinajstić information content (AvgIpc) is 3.06. The average molecular weight is 303 g/mol. The number of aromatic nitrogens is 2. The molecule has 1 aromatic carbocycles. The zero-order valence-electron chi connectivity index (χ0n) is 10.6. The molecule has 0 saturated heterocycles. The number of hydrogen-bond donors (Lipinski definition) is 1. The summed E-state index contributed by atoms with van der Waals surface area (Å²) in [7, 11) is 0. The third-order valence-corrected chi connectivity index (χ3v) is 4.08. The summed E-state index contributed by atoms with van der Waals surface area (Å²) in [5.41, 5.74) is 0.649. The lowest BCUT2D eigenvalue weighted by Gasteiger charge is -2.01. The minimum absolute atomic E-state index is 0.00153. The van der Waals surface area contributed by atoms with E-state index in [2.05, 4.69) is 5.10 Å². The Morgan fingerprint density at radius 1 is 1.38 bits per heavy atom. The molecule has 0 radical (unpaired) electrons. The van der Waals surface area contributed by atoms with Gasteiger partial charge in [-0.2, -0.15) is 5.10 Å². The number of thiophene rings is 1. The largest absolute Gasteiger partial charge is 0.477 e. The summed E-state index contributed by atoms with van der Waals surface area (Å²) in [5.74, 6) is -0.966. The molecule has 106 valence electrons. The molecule has 3 rings (SSSR count). The van der Waals surface area contributed by atoms with Gasteiger partial charge in [0.05, 0.1) is 23.2 Å². The molecule has 0 aliphatic heterocycles. The van der Waals surface area contributed by atoms with Crippen LogP contribution in [0.15, 0.2) is 36.5 Å². The van der Waals surface area contributed by atoms with E-state index in [1.165, 1.54) is 18.2 Å². The fraction of sp³-hybridized carbons (Fsp3) is 0.0769. The lowest BCUT2D eigenvalue weighted by atomic mass is 10.2. The summed E-state index contributed by atoms with van der Waals surface area (Å²) in [5, 5.41) is 24.7. The van der Waals surface area contributed by atoms with Crippen LogP contribution in [-0.4, -0.2) is 25.8 Å². The quantitative estimate of drug-likeness (QED) is 0.590. The fourth-order valence-corrected chi connectivity index (χ4v) is 2.85. The molecule has 0 unspecified atom stereocenters. The van der Waals surface area contributed by atoms with Crippen LogP contribution in [0.3, 0.4) is 0 Å². The van der Waals surface area contributed by atoms with Gasteiger partial charge >= 0.3 is 5.97 Å². The number of aromatic carboxylic acids is 1. The number of rotatable bonds is 4. The van der Waals surface area contributed by atoms with Crippen LogP contribution in [0.4, 0.5) is 5.69 Å². The second kappa shape index (κ2) is 4.98. The van der Waals surface area contributed by atoms with Gasteiger partial charge in [0, 0.05) is 22.4 Å². The molecule has 21 heavy (non-hydrogen) atoms. The van der Waals surface area contributed by atoms with Gasteiger partial charge in [-0.05, 0) is 18.2 Å². The van der Waals surface area contributed by atoms with Crippen LogP contribution in [0.2, 0.25) is 0 Å². The van der Waals surface area contributed by atoms with Crippen LogP contribution in [0.25, 0.3) is 10.9 Å². The summed E-state index contributed by atoms with van der Waals surface area (Å²) in [6.45, 7) is 0.378. The fourth-order valence-electron chi connectivity index (χ4n) is 2.02. The first-order chi connectivity index (χ1) is 10.0. The smallest absolute Gasteiger partial charge is 0.345 e. The molecule has 1 N–H and O–H groups in total. The molecule has 0 fully saturated rings. The highest BCUT2D eigenvalue weighted by Crippen LogP contribution is 2.23. The predicted octanol–water partition coefficient (Wildman–Crippen LogP) is 2.75. The lowest BCUT2D eigenvalue weighted by molar-refractivity contribution is -0.384. The third-order valence-electron chi connectivity index (χ3n) is 3.02. The maximum absolute atomic E-state index is 10.9. The highest BCUT2D eigenvalue weighted by Gasteiger charge is 2.12. The normalized spacial score (nSPS) is 10.9. The van der Waals surface area contributed by atoms with E-state index >= 15 is 0 Å². The zero-order valence-corrected chi connectivity index (χ0v) is 11.4. The summed E-state index contributed by atoms with van der Waals surface area (Å²) in [6.07, 6.45) is 1.63. The Morgan fingerprint density at radius 2 is 2.19 bits per heavy atom. The molecule has 0 bridgehead atoms. The van der Waals surface area contributed by atoms with Crippen molar-refractivity contribution >= 4 is 33.9 Å². The van der Waals surface area contributed by atoms with E-state index in [1.54, 1.807) is 23.0 Å². The highest BCUT2D eigenvalue weighted by atomic mass is 32.1. The second-order valence-corrected chi connectivity index (χ2v) is 5.54. The van der Waals surface area contributed by atoms with Gasteiger partial charge in [0.1, 0.15) is 4.88 Å². The number of hydrogen-bond acceptors (Lipinski definition) is 5. The van der Waals surface area contributed by atoms with E-state index in [4.69, 9.17) is 5.11 Å². The van der Waals surface area contributed by atoms with Crippen LogP contribution >= 0.6 is 11.3 Å². The predicted molar refractivity (Wildman–Crippen MR) is 76.8 cm³/mol. The molecule has 0 saturated carbocycles. The van der Waals surface area contributed by atoms with Crippen LogP contribution < -0.4 is 0 Å². The molecule has 2 heterocycles. The topological polar surface area (TPSA) is 98.3 Å². The first-order valence-corrected chi connectivity index (χ1v) is 6.78. The van der Waals surface area contributed by atoms with Gasteiger partial charge in [0.25, 0.3) is 5.69 Å². The first-order valence-electron chi connectivity index (χ1n) is 5.96. The number of benzene rings is 1. The van der Waals surface area contributed by atoms with Gasteiger partial charge in [0.2, 0.25) is 0 Å². The van der Waals surface area contributed by atoms with Crippen molar-refractivity contribution in [3.63, 3.8) is 0 Å². The molecule has 0 aliphatic carbocycles. The molecule has 7 nitrogen and oxygen atoms in total. The SMILES string of the molecule is O=C(O)c1ccc(Cn2ncc3ccc([N+](=O)[O-])cc32)s1. The van der Waals surface area contributed by atoms with Gasteiger partial charge in [-0.15, -0.1) is 11.3 Å². The number of fused-ring (bicyclic) bond motifs is 1. The number of carboxylic acid groups (broad SMARTS) is 1. The number of nitro benzene ring substituents is 1. The minimum Gasteiger partial charge on any atom is -0.477 e. The molecule has 0 atom stereocenters. The molecule has 0 amide bonds. The number of carbonyl (C=O) groups is 1. The van der Waals surface area contributed by atoms with Crippen molar-refractivity contribution in [1.82, 2.24) is 9.78 Å². The van der Waals surface area contributed by atoms with Crippen LogP contribution in [0, 0.1) is 10.1 Å². The summed E-state index contributed by atoms with van der Waals surface area (Å²) in [6, 6.07) is 7.81. The van der Waals surface area contributed by atoms with Gasteiger partial charge < -0.3 is 5.11 Å². The monoisotopic (exact) mass is 303 g/mol. The van der Waals surface area contributed by atoms with Crippen molar-refractivity contribution in [1.29, 1.82) is 0 Å². The molecule has 2 aromatic heterocycles. The van der Waals surface area contributed by atoms with Crippen LogP contribution in [-0.2, 0) is 6.54 Å². The van der Waals surface area contributed by atoms with Crippen molar-refractivity contribution in [2.75, 3.05) is 0 Å². The van der Waals surface area contributed by atoms with Crippen LogP contribution in [0.5, 0.6) is 0 Å². The Balaban J connectivity index is 1.97. The van der Waals surface area contributed by atoms with Gasteiger partial charge in [-0.1, -0.05) is 0 Å². The Kier molecular flexibility index (Phi) is 3.15. The standard InChI is InChI=1S/C13H9N3O4S/c17-13(18)12-4-3-10(21-12)7-15-11-5-9(16(19)20)2-1-8(11)6-14-15/h1-6H,7H2,(H,17,18). The van der Waals surface area contributed by atoms with Gasteiger partial charge in [-0.3, -0.25) is 14.8 Å². The van der Waals surface area contributed by atoms with E-state index in [9.17, 15) is 14.9 Å². The van der Waals surface area contributed by atoms with Gasteiger partial charge in [0.15, 0.2) is 0 Å². The number of non-ortho nitro benzene ring substituents is 1. The summed E-state index contributed by atoms with van der Waals surface area (Å²) < 4.78 is 1.62. The molecular formula is C13H9N3O4S. The minimum atomic E-state index is -0.966. The molecular weight excluding hydrogens is 294 g/mol.